The standard InChI is InChI=1S/C19H17N3O4S2/c1-3-12-21-18(15-6-8-16(9-7-15)22(23)24)13-27-19(21)20-28(25,26)17-10-4-14(2)5-11-17/h3-11,13H,1,12H2,2H3. The summed E-state index contributed by atoms with van der Waals surface area (Å²) in [6.07, 6.45) is 1.64. The smallest absolute Gasteiger partial charge is 0.285 e. The minimum absolute atomic E-state index is 0.0129. The molecule has 3 aromatic rings. The molecular formula is C19H17N3O4S2. The Morgan fingerprint density at radius 2 is 1.82 bits per heavy atom. The molecule has 0 saturated heterocycles. The number of aryl methyl sites for hydroxylation is 1. The molecule has 0 aliphatic heterocycles. The molecule has 0 atom stereocenters. The first-order valence-electron chi connectivity index (χ1n) is 8.23. The summed E-state index contributed by atoms with van der Waals surface area (Å²) in [5.74, 6) is 0. The second-order valence-electron chi connectivity index (χ2n) is 5.99. The number of hydrogen-bond donors (Lipinski definition) is 0. The fourth-order valence-corrected chi connectivity index (χ4v) is 4.70. The molecule has 28 heavy (non-hydrogen) atoms. The molecule has 9 heteroatoms. The zero-order valence-corrected chi connectivity index (χ0v) is 16.6. The van der Waals surface area contributed by atoms with E-state index in [0.717, 1.165) is 11.1 Å². The van der Waals surface area contributed by atoms with Gasteiger partial charge in [0.1, 0.15) is 0 Å². The fraction of sp³-hybridized carbons (Fsp3) is 0.105. The van der Waals surface area contributed by atoms with E-state index in [0.29, 0.717) is 17.0 Å². The number of aromatic nitrogens is 1. The van der Waals surface area contributed by atoms with Crippen LogP contribution in [0.25, 0.3) is 11.3 Å². The van der Waals surface area contributed by atoms with Crippen molar-refractivity contribution in [2.24, 2.45) is 4.40 Å². The van der Waals surface area contributed by atoms with Crippen LogP contribution in [0.3, 0.4) is 0 Å². The van der Waals surface area contributed by atoms with Gasteiger partial charge in [-0.15, -0.1) is 22.3 Å². The van der Waals surface area contributed by atoms with Gasteiger partial charge in [-0.25, -0.2) is 0 Å². The van der Waals surface area contributed by atoms with Crippen LogP contribution in [-0.4, -0.2) is 17.9 Å². The second-order valence-corrected chi connectivity index (χ2v) is 8.43. The molecular weight excluding hydrogens is 398 g/mol. The Hall–Kier alpha value is -3.04. The number of rotatable bonds is 6. The lowest BCUT2D eigenvalue weighted by molar-refractivity contribution is -0.384. The van der Waals surface area contributed by atoms with E-state index in [-0.39, 0.29) is 10.6 Å². The summed E-state index contributed by atoms with van der Waals surface area (Å²) in [5.41, 5.74) is 2.37. The summed E-state index contributed by atoms with van der Waals surface area (Å²) in [5, 5.41) is 12.6. The number of allylic oxidation sites excluding steroid dienone is 1. The van der Waals surface area contributed by atoms with E-state index in [1.165, 1.54) is 35.6 Å². The van der Waals surface area contributed by atoms with E-state index >= 15 is 0 Å². The molecule has 144 valence electrons. The van der Waals surface area contributed by atoms with Gasteiger partial charge in [-0.3, -0.25) is 10.1 Å². The van der Waals surface area contributed by atoms with Crippen LogP contribution < -0.4 is 4.80 Å². The fourth-order valence-electron chi connectivity index (χ4n) is 2.56. The van der Waals surface area contributed by atoms with Gasteiger partial charge in [0, 0.05) is 24.1 Å². The van der Waals surface area contributed by atoms with Crippen molar-refractivity contribution in [3.05, 3.63) is 87.0 Å². The molecule has 0 aliphatic carbocycles. The Balaban J connectivity index is 2.10. The van der Waals surface area contributed by atoms with Crippen molar-refractivity contribution in [1.29, 1.82) is 0 Å². The maximum Gasteiger partial charge on any atom is 0.285 e. The van der Waals surface area contributed by atoms with Gasteiger partial charge < -0.3 is 4.57 Å². The van der Waals surface area contributed by atoms with Crippen LogP contribution in [0.5, 0.6) is 0 Å². The zero-order chi connectivity index (χ0) is 20.3. The molecule has 1 heterocycles. The van der Waals surface area contributed by atoms with Crippen molar-refractivity contribution in [1.82, 2.24) is 4.57 Å². The third-order valence-corrected chi connectivity index (χ3v) is 6.26. The van der Waals surface area contributed by atoms with Gasteiger partial charge in [-0.1, -0.05) is 23.8 Å². The van der Waals surface area contributed by atoms with Gasteiger partial charge >= 0.3 is 0 Å². The van der Waals surface area contributed by atoms with Crippen LogP contribution in [0, 0.1) is 17.0 Å². The molecule has 3 rings (SSSR count). The highest BCUT2D eigenvalue weighted by molar-refractivity contribution is 7.90. The number of nitro benzene ring substituents is 1. The molecule has 0 N–H and O–H groups in total. The van der Waals surface area contributed by atoms with E-state index < -0.39 is 14.9 Å². The lowest BCUT2D eigenvalue weighted by atomic mass is 10.1. The largest absolute Gasteiger partial charge is 0.312 e. The number of sulfonamides is 1. The number of thiazole rings is 1. The third kappa shape index (κ3) is 4.10. The minimum Gasteiger partial charge on any atom is -0.312 e. The van der Waals surface area contributed by atoms with Crippen LogP contribution in [0.15, 0.2) is 75.9 Å². The zero-order valence-electron chi connectivity index (χ0n) is 15.0. The molecule has 0 saturated carbocycles. The number of hydrogen-bond acceptors (Lipinski definition) is 5. The van der Waals surface area contributed by atoms with Gasteiger partial charge in [-0.2, -0.15) is 8.42 Å². The van der Waals surface area contributed by atoms with E-state index in [2.05, 4.69) is 11.0 Å². The van der Waals surface area contributed by atoms with E-state index in [1.807, 2.05) is 6.92 Å². The van der Waals surface area contributed by atoms with E-state index in [1.54, 1.807) is 40.3 Å². The second kappa shape index (κ2) is 7.91. The molecule has 0 amide bonds. The Morgan fingerprint density at radius 3 is 2.39 bits per heavy atom. The Kier molecular flexibility index (Phi) is 5.57. The lowest BCUT2D eigenvalue weighted by Gasteiger charge is -2.06. The summed E-state index contributed by atoms with van der Waals surface area (Å²) in [6.45, 7) is 5.94. The Labute approximate surface area is 166 Å². The molecule has 1 aromatic heterocycles. The predicted molar refractivity (Wildman–Crippen MR) is 109 cm³/mol. The normalized spacial score (nSPS) is 12.1. The first-order valence-corrected chi connectivity index (χ1v) is 10.6. The van der Waals surface area contributed by atoms with Gasteiger partial charge in [0.05, 0.1) is 15.5 Å². The van der Waals surface area contributed by atoms with Crippen LogP contribution in [0.4, 0.5) is 5.69 Å². The number of non-ortho nitro benzene ring substituents is 1. The summed E-state index contributed by atoms with van der Waals surface area (Å²) in [6, 6.07) is 12.5. The monoisotopic (exact) mass is 415 g/mol. The topological polar surface area (TPSA) is 94.6 Å². The third-order valence-electron chi connectivity index (χ3n) is 4.00. The van der Waals surface area contributed by atoms with Gasteiger partial charge in [0.15, 0.2) is 0 Å². The van der Waals surface area contributed by atoms with E-state index in [4.69, 9.17) is 0 Å². The summed E-state index contributed by atoms with van der Waals surface area (Å²) in [7, 11) is -3.87. The summed E-state index contributed by atoms with van der Waals surface area (Å²) < 4.78 is 31.0. The summed E-state index contributed by atoms with van der Waals surface area (Å²) >= 11 is 1.18. The minimum atomic E-state index is -3.87. The predicted octanol–water partition coefficient (Wildman–Crippen LogP) is 3.91. The van der Waals surface area contributed by atoms with Gasteiger partial charge in [0.25, 0.3) is 15.7 Å². The van der Waals surface area contributed by atoms with Crippen LogP contribution in [0.2, 0.25) is 0 Å². The van der Waals surface area contributed by atoms with Gasteiger partial charge in [-0.05, 0) is 36.8 Å². The Bertz CT molecular complexity index is 1190. The number of benzene rings is 2. The highest BCUT2D eigenvalue weighted by Gasteiger charge is 2.15. The van der Waals surface area contributed by atoms with Gasteiger partial charge in [0.2, 0.25) is 4.80 Å². The quantitative estimate of drug-likeness (QED) is 0.346. The van der Waals surface area contributed by atoms with Crippen molar-refractivity contribution in [2.75, 3.05) is 0 Å². The number of nitro groups is 1. The molecule has 0 radical (unpaired) electrons. The molecule has 0 aliphatic rings. The molecule has 0 unspecified atom stereocenters. The molecule has 0 bridgehead atoms. The molecule has 0 fully saturated rings. The maximum absolute atomic E-state index is 12.7. The first kappa shape index (κ1) is 19.7. The molecule has 0 spiro atoms. The van der Waals surface area contributed by atoms with Crippen molar-refractivity contribution in [2.45, 2.75) is 18.4 Å². The number of nitrogens with zero attached hydrogens (tertiary/aromatic N) is 3. The van der Waals surface area contributed by atoms with Crippen molar-refractivity contribution < 1.29 is 13.3 Å². The first-order chi connectivity index (χ1) is 13.3. The summed E-state index contributed by atoms with van der Waals surface area (Å²) in [4.78, 5) is 10.8. The SMILES string of the molecule is C=CCn1c(-c2ccc([N+](=O)[O-])cc2)csc1=NS(=O)(=O)c1ccc(C)cc1. The van der Waals surface area contributed by atoms with Crippen molar-refractivity contribution in [3.8, 4) is 11.3 Å². The lowest BCUT2D eigenvalue weighted by Crippen LogP contribution is -2.17. The highest BCUT2D eigenvalue weighted by atomic mass is 32.2. The molecule has 7 nitrogen and oxygen atoms in total. The maximum atomic E-state index is 12.7. The van der Waals surface area contributed by atoms with E-state index in [9.17, 15) is 18.5 Å². The molecule has 2 aromatic carbocycles. The van der Waals surface area contributed by atoms with Crippen molar-refractivity contribution in [3.63, 3.8) is 0 Å². The van der Waals surface area contributed by atoms with Crippen molar-refractivity contribution >= 4 is 27.0 Å². The van der Waals surface area contributed by atoms with Crippen LogP contribution in [0.1, 0.15) is 5.56 Å². The van der Waals surface area contributed by atoms with Crippen LogP contribution >= 0.6 is 11.3 Å². The Morgan fingerprint density at radius 1 is 1.18 bits per heavy atom. The average molecular weight is 415 g/mol. The van der Waals surface area contributed by atoms with Crippen LogP contribution in [-0.2, 0) is 16.6 Å². The average Bonchev–Trinajstić information content (AvgIpc) is 3.04. The highest BCUT2D eigenvalue weighted by Crippen LogP contribution is 2.23.